The van der Waals surface area contributed by atoms with Crippen LogP contribution in [0.1, 0.15) is 36.8 Å². The van der Waals surface area contributed by atoms with Crippen molar-refractivity contribution in [2.24, 2.45) is 7.05 Å². The average molecular weight is 562 g/mol. The predicted molar refractivity (Wildman–Crippen MR) is 155 cm³/mol. The number of amides is 2. The molecule has 2 atom stereocenters. The van der Waals surface area contributed by atoms with Crippen LogP contribution in [0, 0.1) is 6.92 Å². The molecule has 2 aromatic heterocycles. The Morgan fingerprint density at radius 3 is 2.54 bits per heavy atom. The number of hydrogen-bond donors (Lipinski definition) is 2. The van der Waals surface area contributed by atoms with Crippen LogP contribution in [-0.4, -0.2) is 87.4 Å². The van der Waals surface area contributed by atoms with Gasteiger partial charge in [0.2, 0.25) is 0 Å². The van der Waals surface area contributed by atoms with E-state index in [4.69, 9.17) is 19.4 Å². The molecule has 2 N–H and O–H groups in total. The molecule has 12 nitrogen and oxygen atoms in total. The van der Waals surface area contributed by atoms with Crippen molar-refractivity contribution >= 4 is 39.5 Å². The lowest BCUT2D eigenvalue weighted by molar-refractivity contribution is 0.0511. The van der Waals surface area contributed by atoms with Gasteiger partial charge in [-0.25, -0.2) is 14.8 Å². The van der Waals surface area contributed by atoms with Gasteiger partial charge in [0.15, 0.2) is 12.6 Å². The summed E-state index contributed by atoms with van der Waals surface area (Å²) in [5.41, 5.74) is 3.97. The maximum absolute atomic E-state index is 13.3. The lowest BCUT2D eigenvalue weighted by atomic mass is 10.0. The Kier molecular flexibility index (Phi) is 7.68. The molecule has 2 amide bonds. The highest BCUT2D eigenvalue weighted by molar-refractivity contribution is 6.06. The second kappa shape index (κ2) is 11.2. The van der Waals surface area contributed by atoms with Crippen molar-refractivity contribution in [3.8, 4) is 17.1 Å². The van der Waals surface area contributed by atoms with Crippen LogP contribution in [0.15, 0.2) is 30.5 Å². The number of carbonyl (C=O) groups excluding carboxylic acids is 1. The van der Waals surface area contributed by atoms with Crippen molar-refractivity contribution in [2.45, 2.75) is 39.8 Å². The molecule has 41 heavy (non-hydrogen) atoms. The molecular formula is C29H35N7O5. The normalized spacial score (nSPS) is 17.3. The zero-order valence-corrected chi connectivity index (χ0v) is 24.1. The standard InChI is InChI=1S/C29H35N7O5/c1-7-30-28(37)25-21-11-20(35-12-16(2)36(29(38)39)17(3)13-35)8-9-23(21)31-27(32-25)22-10-19-14-34(5)33-24(19)18(4)26(22)41-15-40-6/h8-11,14,16-17H,7,12-13,15H2,1-6H3,(H,30,37)(H,38,39). The first-order valence-corrected chi connectivity index (χ1v) is 13.6. The summed E-state index contributed by atoms with van der Waals surface area (Å²) in [5.74, 6) is 0.577. The zero-order valence-electron chi connectivity index (χ0n) is 24.1. The largest absolute Gasteiger partial charge is 0.466 e. The van der Waals surface area contributed by atoms with Crippen LogP contribution in [0.2, 0.25) is 0 Å². The van der Waals surface area contributed by atoms with Gasteiger partial charge in [0, 0.05) is 62.0 Å². The third-order valence-electron chi connectivity index (χ3n) is 7.40. The van der Waals surface area contributed by atoms with Crippen molar-refractivity contribution in [2.75, 3.05) is 38.4 Å². The van der Waals surface area contributed by atoms with Crippen LogP contribution in [0.25, 0.3) is 33.2 Å². The molecule has 3 heterocycles. The molecule has 0 aliphatic carbocycles. The second-order valence-electron chi connectivity index (χ2n) is 10.4. The molecule has 0 spiro atoms. The Balaban J connectivity index is 1.65. The average Bonchev–Trinajstić information content (AvgIpc) is 3.31. The monoisotopic (exact) mass is 561 g/mol. The van der Waals surface area contributed by atoms with E-state index in [0.717, 1.165) is 22.2 Å². The van der Waals surface area contributed by atoms with Gasteiger partial charge in [0.05, 0.1) is 28.7 Å². The summed E-state index contributed by atoms with van der Waals surface area (Å²) in [6.45, 7) is 9.11. The van der Waals surface area contributed by atoms with E-state index in [0.29, 0.717) is 47.7 Å². The van der Waals surface area contributed by atoms with Gasteiger partial charge in [-0.3, -0.25) is 14.4 Å². The lowest BCUT2D eigenvalue weighted by Gasteiger charge is -2.44. The summed E-state index contributed by atoms with van der Waals surface area (Å²) >= 11 is 0. The number of nitrogens with one attached hydrogen (secondary N) is 1. The molecular weight excluding hydrogens is 526 g/mol. The highest BCUT2D eigenvalue weighted by Crippen LogP contribution is 2.38. The van der Waals surface area contributed by atoms with E-state index in [-0.39, 0.29) is 30.5 Å². The minimum atomic E-state index is -0.920. The fourth-order valence-corrected chi connectivity index (χ4v) is 5.67. The number of ether oxygens (including phenoxy) is 2. The zero-order chi connectivity index (χ0) is 29.4. The molecule has 216 valence electrons. The number of piperazine rings is 1. The second-order valence-corrected chi connectivity index (χ2v) is 10.4. The minimum absolute atomic E-state index is 0.0261. The number of carboxylic acid groups (broad SMARTS) is 1. The van der Waals surface area contributed by atoms with E-state index in [1.165, 1.54) is 4.90 Å². The maximum atomic E-state index is 13.3. The van der Waals surface area contributed by atoms with Crippen molar-refractivity contribution in [1.29, 1.82) is 0 Å². The van der Waals surface area contributed by atoms with Gasteiger partial charge in [-0.2, -0.15) is 5.10 Å². The molecule has 1 aliphatic heterocycles. The predicted octanol–water partition coefficient (Wildman–Crippen LogP) is 3.80. The van der Waals surface area contributed by atoms with E-state index in [1.54, 1.807) is 11.8 Å². The number of anilines is 1. The Bertz CT molecular complexity index is 1620. The Hall–Kier alpha value is -4.45. The van der Waals surface area contributed by atoms with E-state index >= 15 is 0 Å². The summed E-state index contributed by atoms with van der Waals surface area (Å²) in [4.78, 5) is 38.4. The quantitative estimate of drug-likeness (QED) is 0.323. The Morgan fingerprint density at radius 2 is 1.88 bits per heavy atom. The highest BCUT2D eigenvalue weighted by Gasteiger charge is 2.33. The third-order valence-corrected chi connectivity index (χ3v) is 7.40. The third kappa shape index (κ3) is 5.22. The van der Waals surface area contributed by atoms with Crippen LogP contribution >= 0.6 is 0 Å². The number of aryl methyl sites for hydroxylation is 2. The molecule has 4 aromatic rings. The number of methoxy groups -OCH3 is 1. The fourth-order valence-electron chi connectivity index (χ4n) is 5.67. The van der Waals surface area contributed by atoms with Crippen molar-refractivity contribution in [3.05, 3.63) is 41.7 Å². The number of carbonyl (C=O) groups is 2. The van der Waals surface area contributed by atoms with E-state index in [2.05, 4.69) is 15.3 Å². The van der Waals surface area contributed by atoms with Crippen LogP contribution in [0.3, 0.4) is 0 Å². The summed E-state index contributed by atoms with van der Waals surface area (Å²) in [5, 5.41) is 18.6. The molecule has 2 aromatic carbocycles. The van der Waals surface area contributed by atoms with Crippen LogP contribution < -0.4 is 15.0 Å². The number of rotatable bonds is 7. The molecule has 1 fully saturated rings. The number of hydrogen-bond acceptors (Lipinski definition) is 8. The summed E-state index contributed by atoms with van der Waals surface area (Å²) in [6.07, 6.45) is 0.993. The molecule has 0 radical (unpaired) electrons. The molecule has 1 saturated heterocycles. The van der Waals surface area contributed by atoms with Crippen molar-refractivity contribution in [1.82, 2.24) is 30.0 Å². The van der Waals surface area contributed by atoms with Crippen molar-refractivity contribution in [3.63, 3.8) is 0 Å². The maximum Gasteiger partial charge on any atom is 0.407 e. The van der Waals surface area contributed by atoms with E-state index in [1.807, 2.05) is 65.2 Å². The van der Waals surface area contributed by atoms with Gasteiger partial charge in [0.1, 0.15) is 11.4 Å². The summed E-state index contributed by atoms with van der Waals surface area (Å²) < 4.78 is 12.9. The van der Waals surface area contributed by atoms with Gasteiger partial charge in [-0.15, -0.1) is 0 Å². The van der Waals surface area contributed by atoms with Gasteiger partial charge in [-0.05, 0) is 52.0 Å². The van der Waals surface area contributed by atoms with E-state index < -0.39 is 6.09 Å². The fraction of sp³-hybridized carbons (Fsp3) is 0.414. The lowest BCUT2D eigenvalue weighted by Crippen LogP contribution is -2.58. The highest BCUT2D eigenvalue weighted by atomic mass is 16.7. The first-order chi connectivity index (χ1) is 19.6. The Morgan fingerprint density at radius 1 is 1.15 bits per heavy atom. The van der Waals surface area contributed by atoms with Crippen LogP contribution in [-0.2, 0) is 11.8 Å². The van der Waals surface area contributed by atoms with Gasteiger partial charge >= 0.3 is 6.09 Å². The molecule has 0 bridgehead atoms. The van der Waals surface area contributed by atoms with Gasteiger partial charge in [-0.1, -0.05) is 0 Å². The summed E-state index contributed by atoms with van der Waals surface area (Å²) in [6, 6.07) is 7.28. The number of nitrogens with zero attached hydrogens (tertiary/aromatic N) is 6. The molecule has 5 rings (SSSR count). The van der Waals surface area contributed by atoms with E-state index in [9.17, 15) is 14.7 Å². The van der Waals surface area contributed by atoms with Gasteiger partial charge in [0.25, 0.3) is 5.91 Å². The number of benzene rings is 2. The smallest absolute Gasteiger partial charge is 0.407 e. The first kappa shape index (κ1) is 28.1. The van der Waals surface area contributed by atoms with Gasteiger partial charge < -0.3 is 24.8 Å². The Labute approximate surface area is 237 Å². The summed E-state index contributed by atoms with van der Waals surface area (Å²) in [7, 11) is 3.41. The molecule has 1 aliphatic rings. The first-order valence-electron chi connectivity index (χ1n) is 13.6. The number of aromatic nitrogens is 4. The van der Waals surface area contributed by atoms with Crippen molar-refractivity contribution < 1.29 is 24.2 Å². The molecule has 0 saturated carbocycles. The van der Waals surface area contributed by atoms with Crippen LogP contribution in [0.4, 0.5) is 10.5 Å². The topological polar surface area (TPSA) is 135 Å². The van der Waals surface area contributed by atoms with Crippen LogP contribution in [0.5, 0.6) is 5.75 Å². The number of fused-ring (bicyclic) bond motifs is 2. The minimum Gasteiger partial charge on any atom is -0.466 e. The SMILES string of the molecule is CCNC(=O)c1nc(-c2cc3cn(C)nc3c(C)c2OCOC)nc2ccc(N3CC(C)N(C(=O)O)C(C)C3)cc12. The molecule has 12 heteroatoms. The molecule has 2 unspecified atom stereocenters.